The van der Waals surface area contributed by atoms with Crippen LogP contribution in [0.15, 0.2) is 24.3 Å². The molecule has 0 aliphatic carbocycles. The second kappa shape index (κ2) is 34.6. The third kappa shape index (κ3) is 29.7. The van der Waals surface area contributed by atoms with Gasteiger partial charge in [-0.25, -0.2) is 0 Å². The van der Waals surface area contributed by atoms with Gasteiger partial charge in [0, 0.05) is 18.0 Å². The first kappa shape index (κ1) is 42.3. The highest BCUT2D eigenvalue weighted by molar-refractivity contribution is 6.17. The highest BCUT2D eigenvalue weighted by Crippen LogP contribution is 2.17. The van der Waals surface area contributed by atoms with Crippen molar-refractivity contribution in [2.45, 2.75) is 0 Å². The Bertz CT molecular complexity index is 780. The normalized spacial score (nSPS) is 11.3. The lowest BCUT2D eigenvalue weighted by Gasteiger charge is -2.09. The van der Waals surface area contributed by atoms with Crippen LogP contribution in [-0.4, -0.2) is 163 Å². The minimum atomic E-state index is -0.453. The number of non-ortho nitro benzene ring substituents is 1. The number of nitrogens with zero attached hydrogens (tertiary/aromatic N) is 1. The largest absolute Gasteiger partial charge is 0.491 e. The average molecular weight is 686 g/mol. The van der Waals surface area contributed by atoms with Crippen LogP contribution in [0, 0.1) is 10.1 Å². The predicted molar refractivity (Wildman–Crippen MR) is 168 cm³/mol. The summed E-state index contributed by atoms with van der Waals surface area (Å²) in [5.41, 5.74) is 0.0247. The lowest BCUT2D eigenvalue weighted by molar-refractivity contribution is -0.384. The second-order valence-corrected chi connectivity index (χ2v) is 9.40. The number of benzene rings is 1. The van der Waals surface area contributed by atoms with Crippen molar-refractivity contribution in [2.75, 3.05) is 158 Å². The fourth-order valence-corrected chi connectivity index (χ4v) is 3.35. The van der Waals surface area contributed by atoms with E-state index < -0.39 is 4.92 Å². The van der Waals surface area contributed by atoms with Crippen molar-refractivity contribution in [3.05, 3.63) is 34.4 Å². The summed E-state index contributed by atoms with van der Waals surface area (Å²) in [6, 6.07) is 5.91. The van der Waals surface area contributed by atoms with Gasteiger partial charge in [0.2, 0.25) is 0 Å². The van der Waals surface area contributed by atoms with Crippen LogP contribution in [-0.2, 0) is 52.1 Å². The third-order valence-electron chi connectivity index (χ3n) is 5.49. The van der Waals surface area contributed by atoms with Gasteiger partial charge in [0.1, 0.15) is 12.4 Å². The van der Waals surface area contributed by atoms with Crippen molar-refractivity contribution in [1.82, 2.24) is 0 Å². The maximum Gasteiger partial charge on any atom is 0.269 e. The van der Waals surface area contributed by atoms with Crippen LogP contribution in [0.2, 0.25) is 0 Å². The van der Waals surface area contributed by atoms with E-state index >= 15 is 0 Å². The Balaban J connectivity index is 1.65. The Morgan fingerprint density at radius 1 is 0.413 bits per heavy atom. The zero-order valence-electron chi connectivity index (χ0n) is 26.8. The van der Waals surface area contributed by atoms with Gasteiger partial charge in [0.15, 0.2) is 0 Å². The topological polar surface area (TPSA) is 154 Å². The first-order valence-electron chi connectivity index (χ1n) is 15.5. The summed E-state index contributed by atoms with van der Waals surface area (Å²) in [7, 11) is 0. The van der Waals surface area contributed by atoms with Crippen LogP contribution in [0.25, 0.3) is 0 Å². The van der Waals surface area contributed by atoms with E-state index in [9.17, 15) is 10.1 Å². The van der Waals surface area contributed by atoms with Crippen LogP contribution in [0.1, 0.15) is 0 Å². The molecule has 46 heavy (non-hydrogen) atoms. The van der Waals surface area contributed by atoms with E-state index in [0.717, 1.165) is 0 Å². The minimum absolute atomic E-state index is 0.0247. The monoisotopic (exact) mass is 685 g/mol. The summed E-state index contributed by atoms with van der Waals surface area (Å²) in [4.78, 5) is 10.2. The summed E-state index contributed by atoms with van der Waals surface area (Å²) in [6.07, 6.45) is 0. The SMILES string of the molecule is O=[N+]([O-])c1ccc(OCCOCCOCCOCCOCCOCCOCCOCCOCCOCCOCCOCCCl)cc1. The first-order valence-corrected chi connectivity index (χ1v) is 16.1. The van der Waals surface area contributed by atoms with Gasteiger partial charge in [-0.2, -0.15) is 0 Å². The van der Waals surface area contributed by atoms with Crippen molar-refractivity contribution < 1.29 is 61.8 Å². The molecule has 0 fully saturated rings. The van der Waals surface area contributed by atoms with Crippen LogP contribution in [0.3, 0.4) is 0 Å². The van der Waals surface area contributed by atoms with Gasteiger partial charge >= 0.3 is 0 Å². The second-order valence-electron chi connectivity index (χ2n) is 9.02. The molecule has 0 radical (unpaired) electrons. The molecule has 1 rings (SSSR count). The predicted octanol–water partition coefficient (Wildman–Crippen LogP) is 2.40. The maximum atomic E-state index is 10.6. The molecule has 0 unspecified atom stereocenters. The molecule has 15 nitrogen and oxygen atoms in total. The van der Waals surface area contributed by atoms with Crippen LogP contribution < -0.4 is 4.74 Å². The number of alkyl halides is 1. The van der Waals surface area contributed by atoms with Crippen molar-refractivity contribution in [3.63, 3.8) is 0 Å². The molecule has 0 saturated carbocycles. The minimum Gasteiger partial charge on any atom is -0.491 e. The molecule has 0 aromatic heterocycles. The average Bonchev–Trinajstić information content (AvgIpc) is 3.06. The van der Waals surface area contributed by atoms with Crippen molar-refractivity contribution in [2.24, 2.45) is 0 Å². The van der Waals surface area contributed by atoms with E-state index in [-0.39, 0.29) is 5.69 Å². The molecule has 0 N–H and O–H groups in total. The Hall–Kier alpha value is -1.73. The lowest BCUT2D eigenvalue weighted by Crippen LogP contribution is -2.15. The molecular formula is C30H52ClNO14. The van der Waals surface area contributed by atoms with E-state index in [1.165, 1.54) is 12.1 Å². The van der Waals surface area contributed by atoms with Crippen molar-refractivity contribution >= 4 is 17.3 Å². The van der Waals surface area contributed by atoms with Crippen molar-refractivity contribution in [1.29, 1.82) is 0 Å². The molecule has 0 bridgehead atoms. The summed E-state index contributed by atoms with van der Waals surface area (Å²) in [5.74, 6) is 1.05. The number of nitro benzene ring substituents is 1. The van der Waals surface area contributed by atoms with Gasteiger partial charge in [-0.05, 0) is 12.1 Å². The molecule has 0 atom stereocenters. The van der Waals surface area contributed by atoms with Gasteiger partial charge in [-0.15, -0.1) is 11.6 Å². The van der Waals surface area contributed by atoms with Crippen LogP contribution in [0.5, 0.6) is 5.75 Å². The Morgan fingerprint density at radius 3 is 0.891 bits per heavy atom. The molecule has 1 aromatic rings. The molecule has 0 saturated heterocycles. The fraction of sp³-hybridized carbons (Fsp3) is 0.800. The highest BCUT2D eigenvalue weighted by atomic mass is 35.5. The van der Waals surface area contributed by atoms with Crippen LogP contribution >= 0.6 is 11.6 Å². The first-order chi connectivity index (χ1) is 22.7. The van der Waals surface area contributed by atoms with Crippen molar-refractivity contribution in [3.8, 4) is 5.75 Å². The molecule has 0 amide bonds. The number of halogens is 1. The van der Waals surface area contributed by atoms with E-state index in [4.69, 9.17) is 68.4 Å². The van der Waals surface area contributed by atoms with Gasteiger partial charge in [-0.3, -0.25) is 10.1 Å². The van der Waals surface area contributed by atoms with Gasteiger partial charge in [0.05, 0.1) is 150 Å². The maximum absolute atomic E-state index is 10.6. The summed E-state index contributed by atoms with van der Waals surface area (Å²) >= 11 is 5.51. The summed E-state index contributed by atoms with van der Waals surface area (Å²) in [6.45, 7) is 11.1. The molecule has 1 aromatic carbocycles. The fourth-order valence-electron chi connectivity index (χ4n) is 3.24. The van der Waals surface area contributed by atoms with E-state index in [0.29, 0.717) is 164 Å². The number of rotatable bonds is 37. The smallest absolute Gasteiger partial charge is 0.269 e. The number of hydrogen-bond acceptors (Lipinski definition) is 14. The molecule has 16 heteroatoms. The van der Waals surface area contributed by atoms with E-state index in [1.807, 2.05) is 0 Å². The summed E-state index contributed by atoms with van der Waals surface area (Å²) in [5, 5.41) is 10.6. The van der Waals surface area contributed by atoms with E-state index in [1.54, 1.807) is 12.1 Å². The lowest BCUT2D eigenvalue weighted by atomic mass is 10.3. The Labute approximate surface area is 277 Å². The van der Waals surface area contributed by atoms with Gasteiger partial charge < -0.3 is 56.8 Å². The molecule has 268 valence electrons. The van der Waals surface area contributed by atoms with E-state index in [2.05, 4.69) is 0 Å². The highest BCUT2D eigenvalue weighted by Gasteiger charge is 2.04. The quantitative estimate of drug-likeness (QED) is 0.0436. The molecule has 0 aliphatic heterocycles. The molecule has 0 heterocycles. The van der Waals surface area contributed by atoms with Gasteiger partial charge in [-0.1, -0.05) is 0 Å². The zero-order chi connectivity index (χ0) is 33.0. The molecule has 0 aliphatic rings. The standard InChI is InChI=1S/C30H52ClNO14/c31-5-6-35-7-8-36-9-10-37-11-12-38-13-14-39-15-16-40-17-18-41-19-20-42-21-22-43-23-24-44-25-26-45-27-28-46-30-3-1-29(2-4-30)32(33)34/h1-4H,5-28H2. The van der Waals surface area contributed by atoms with Gasteiger partial charge in [0.25, 0.3) is 5.69 Å². The number of ether oxygens (including phenoxy) is 12. The molecule has 0 spiro atoms. The number of hydrogen-bond donors (Lipinski definition) is 0. The Kier molecular flexibility index (Phi) is 31.8. The number of nitro groups is 1. The third-order valence-corrected chi connectivity index (χ3v) is 5.64. The molecular weight excluding hydrogens is 634 g/mol. The van der Waals surface area contributed by atoms with Crippen LogP contribution in [0.4, 0.5) is 5.69 Å². The summed E-state index contributed by atoms with van der Waals surface area (Å²) < 4.78 is 65.0. The zero-order valence-corrected chi connectivity index (χ0v) is 27.6. The Morgan fingerprint density at radius 2 is 0.652 bits per heavy atom.